The van der Waals surface area contributed by atoms with Crippen LogP contribution in [0.15, 0.2) is 42.0 Å². The number of esters is 1. The molecule has 0 spiro atoms. The van der Waals surface area contributed by atoms with Crippen molar-refractivity contribution in [1.82, 2.24) is 0 Å². The molecular weight excluding hydrogens is 357 g/mol. The van der Waals surface area contributed by atoms with Gasteiger partial charge in [-0.05, 0) is 60.6 Å². The number of halogens is 1. The first-order chi connectivity index (χ1) is 13.6. The van der Waals surface area contributed by atoms with Gasteiger partial charge in [0.2, 0.25) is 0 Å². The van der Waals surface area contributed by atoms with Crippen molar-refractivity contribution >= 4 is 11.5 Å². The first kappa shape index (κ1) is 18.2. The van der Waals surface area contributed by atoms with Gasteiger partial charge in [-0.25, -0.2) is 9.18 Å². The lowest BCUT2D eigenvalue weighted by Crippen LogP contribution is -2.08. The molecule has 1 fully saturated rings. The number of nitriles is 1. The van der Waals surface area contributed by atoms with Crippen LogP contribution in [0.5, 0.6) is 5.75 Å². The quantitative estimate of drug-likeness (QED) is 0.554. The van der Waals surface area contributed by atoms with E-state index in [-0.39, 0.29) is 18.5 Å². The Morgan fingerprint density at radius 3 is 2.75 bits per heavy atom. The van der Waals surface area contributed by atoms with Crippen LogP contribution in [0.25, 0.3) is 5.57 Å². The largest absolute Gasteiger partial charge is 0.488 e. The van der Waals surface area contributed by atoms with Gasteiger partial charge in [0.05, 0.1) is 18.2 Å². The first-order valence-electron chi connectivity index (χ1n) is 9.49. The lowest BCUT2D eigenvalue weighted by Gasteiger charge is -2.14. The van der Waals surface area contributed by atoms with Gasteiger partial charge in [-0.1, -0.05) is 13.0 Å². The summed E-state index contributed by atoms with van der Waals surface area (Å²) in [6.45, 7) is 2.49. The maximum absolute atomic E-state index is 13.8. The summed E-state index contributed by atoms with van der Waals surface area (Å²) in [5, 5.41) is 9.83. The van der Waals surface area contributed by atoms with Crippen LogP contribution in [-0.2, 0) is 11.3 Å². The zero-order chi connectivity index (χ0) is 19.7. The molecule has 2 aromatic carbocycles. The fourth-order valence-corrected chi connectivity index (χ4v) is 3.50. The Balaban J connectivity index is 1.86. The van der Waals surface area contributed by atoms with Crippen LogP contribution in [0.2, 0.25) is 0 Å². The van der Waals surface area contributed by atoms with Crippen LogP contribution in [0.1, 0.15) is 53.2 Å². The molecular formula is C23H20FNO3. The minimum Gasteiger partial charge on any atom is -0.488 e. The molecule has 2 aromatic rings. The highest BCUT2D eigenvalue weighted by molar-refractivity contribution is 5.93. The summed E-state index contributed by atoms with van der Waals surface area (Å²) in [5.74, 6) is -0.142. The van der Waals surface area contributed by atoms with Crippen LogP contribution in [0.4, 0.5) is 4.39 Å². The Labute approximate surface area is 163 Å². The minimum atomic E-state index is -0.391. The Morgan fingerprint density at radius 2 is 2.04 bits per heavy atom. The van der Waals surface area contributed by atoms with Gasteiger partial charge >= 0.3 is 5.97 Å². The Kier molecular flexibility index (Phi) is 4.87. The van der Waals surface area contributed by atoms with E-state index in [4.69, 9.17) is 9.47 Å². The molecule has 0 unspecified atom stereocenters. The van der Waals surface area contributed by atoms with E-state index in [1.165, 1.54) is 12.1 Å². The molecule has 0 amide bonds. The van der Waals surface area contributed by atoms with Crippen LogP contribution >= 0.6 is 0 Å². The first-order valence-corrected chi connectivity index (χ1v) is 9.49. The van der Waals surface area contributed by atoms with E-state index in [0.717, 1.165) is 36.0 Å². The van der Waals surface area contributed by atoms with Crippen molar-refractivity contribution in [2.45, 2.75) is 32.8 Å². The molecule has 1 saturated carbocycles. The Bertz CT molecular complexity index is 1010. The lowest BCUT2D eigenvalue weighted by molar-refractivity contribution is 0.0505. The third-order valence-corrected chi connectivity index (χ3v) is 5.02. The average Bonchev–Trinajstić information content (AvgIpc) is 3.54. The van der Waals surface area contributed by atoms with Gasteiger partial charge in [0, 0.05) is 22.8 Å². The number of allylic oxidation sites excluding steroid dienone is 1. The van der Waals surface area contributed by atoms with E-state index in [1.807, 2.05) is 13.0 Å². The second-order valence-corrected chi connectivity index (χ2v) is 7.11. The smallest absolute Gasteiger partial charge is 0.338 e. The fourth-order valence-electron chi connectivity index (χ4n) is 3.50. The van der Waals surface area contributed by atoms with Gasteiger partial charge < -0.3 is 9.47 Å². The molecule has 0 saturated heterocycles. The fraction of sp³-hybridized carbons (Fsp3) is 0.304. The van der Waals surface area contributed by atoms with E-state index in [2.05, 4.69) is 6.07 Å². The number of rotatable bonds is 4. The van der Waals surface area contributed by atoms with Crippen molar-refractivity contribution in [2.24, 2.45) is 5.92 Å². The predicted molar refractivity (Wildman–Crippen MR) is 102 cm³/mol. The molecule has 28 heavy (non-hydrogen) atoms. The molecule has 0 aromatic heterocycles. The molecule has 0 N–H and O–H groups in total. The van der Waals surface area contributed by atoms with Crippen LogP contribution in [0, 0.1) is 23.1 Å². The molecule has 0 atom stereocenters. The average molecular weight is 377 g/mol. The minimum absolute atomic E-state index is 0.188. The van der Waals surface area contributed by atoms with Crippen LogP contribution in [0.3, 0.4) is 0 Å². The molecule has 0 bridgehead atoms. The van der Waals surface area contributed by atoms with Crippen LogP contribution < -0.4 is 4.74 Å². The Hall–Kier alpha value is -3.13. The van der Waals surface area contributed by atoms with Crippen molar-refractivity contribution in [2.75, 3.05) is 6.61 Å². The number of carbonyl (C=O) groups is 1. The maximum Gasteiger partial charge on any atom is 0.338 e. The molecule has 1 heterocycles. The SMILES string of the molecule is CCCOC(=O)c1ccc2c(c1)COc1cc(F)ccc1C2=C(C#N)C1CC1. The number of fused-ring (bicyclic) bond motifs is 2. The predicted octanol–water partition coefficient (Wildman–Crippen LogP) is 5.02. The number of ether oxygens (including phenoxy) is 2. The monoisotopic (exact) mass is 377 g/mol. The molecule has 5 heteroatoms. The summed E-state index contributed by atoms with van der Waals surface area (Å²) in [5.41, 5.74) is 4.26. The molecule has 2 aliphatic rings. The van der Waals surface area contributed by atoms with Gasteiger partial charge in [0.15, 0.2) is 0 Å². The van der Waals surface area contributed by atoms with Crippen molar-refractivity contribution in [3.8, 4) is 11.8 Å². The van der Waals surface area contributed by atoms with Crippen molar-refractivity contribution in [3.63, 3.8) is 0 Å². The van der Waals surface area contributed by atoms with E-state index in [9.17, 15) is 14.4 Å². The van der Waals surface area contributed by atoms with Gasteiger partial charge in [-0.15, -0.1) is 0 Å². The summed E-state index contributed by atoms with van der Waals surface area (Å²) in [7, 11) is 0. The number of hydrogen-bond acceptors (Lipinski definition) is 4. The highest BCUT2D eigenvalue weighted by atomic mass is 19.1. The third kappa shape index (κ3) is 3.38. The zero-order valence-electron chi connectivity index (χ0n) is 15.6. The normalized spacial score (nSPS) is 16.8. The van der Waals surface area contributed by atoms with Gasteiger partial charge in [-0.3, -0.25) is 0 Å². The third-order valence-electron chi connectivity index (χ3n) is 5.02. The summed E-state index contributed by atoms with van der Waals surface area (Å²) in [6.07, 6.45) is 2.70. The maximum atomic E-state index is 13.8. The standard InChI is InChI=1S/C23H20FNO3/c1-2-9-27-23(26)15-5-7-18-16(10-15)13-28-21-11-17(24)6-8-19(21)22(18)20(12-25)14-3-4-14/h5-8,10-11,14H,2-4,9,13H2,1H3. The number of benzene rings is 2. The molecule has 4 rings (SSSR count). The van der Waals surface area contributed by atoms with Gasteiger partial charge in [-0.2, -0.15) is 5.26 Å². The van der Waals surface area contributed by atoms with Gasteiger partial charge in [0.1, 0.15) is 18.2 Å². The molecule has 4 nitrogen and oxygen atoms in total. The molecule has 0 radical (unpaired) electrons. The number of carbonyl (C=O) groups excluding carboxylic acids is 1. The number of hydrogen-bond donors (Lipinski definition) is 0. The van der Waals surface area contributed by atoms with E-state index in [0.29, 0.717) is 29.1 Å². The topological polar surface area (TPSA) is 59.3 Å². The van der Waals surface area contributed by atoms with E-state index in [1.54, 1.807) is 18.2 Å². The lowest BCUT2D eigenvalue weighted by atomic mass is 9.88. The van der Waals surface area contributed by atoms with Crippen LogP contribution in [-0.4, -0.2) is 12.6 Å². The highest BCUT2D eigenvalue weighted by Crippen LogP contribution is 2.46. The second kappa shape index (κ2) is 7.47. The van der Waals surface area contributed by atoms with Gasteiger partial charge in [0.25, 0.3) is 0 Å². The summed E-state index contributed by atoms with van der Waals surface area (Å²) >= 11 is 0. The summed E-state index contributed by atoms with van der Waals surface area (Å²) in [6, 6.07) is 12.1. The van der Waals surface area contributed by atoms with E-state index < -0.39 is 5.82 Å². The summed E-state index contributed by atoms with van der Waals surface area (Å²) in [4.78, 5) is 12.3. The molecule has 1 aliphatic carbocycles. The molecule has 1 aliphatic heterocycles. The number of nitrogens with zero attached hydrogens (tertiary/aromatic N) is 1. The van der Waals surface area contributed by atoms with E-state index >= 15 is 0 Å². The van der Waals surface area contributed by atoms with Crippen molar-refractivity contribution < 1.29 is 18.7 Å². The highest BCUT2D eigenvalue weighted by Gasteiger charge is 2.32. The van der Waals surface area contributed by atoms with Crippen molar-refractivity contribution in [3.05, 3.63) is 70.0 Å². The Morgan fingerprint density at radius 1 is 1.25 bits per heavy atom. The second-order valence-electron chi connectivity index (χ2n) is 7.11. The summed E-state index contributed by atoms with van der Waals surface area (Å²) < 4.78 is 24.9. The molecule has 142 valence electrons. The zero-order valence-corrected chi connectivity index (χ0v) is 15.6. The van der Waals surface area contributed by atoms with Crippen molar-refractivity contribution in [1.29, 1.82) is 5.26 Å².